The van der Waals surface area contributed by atoms with Crippen LogP contribution in [0.3, 0.4) is 0 Å². The molecule has 3 nitrogen and oxygen atoms in total. The average Bonchev–Trinajstić information content (AvgIpc) is 2.67. The van der Waals surface area contributed by atoms with Gasteiger partial charge in [-0.3, -0.25) is 0 Å². The van der Waals surface area contributed by atoms with Crippen LogP contribution in [0.5, 0.6) is 0 Å². The van der Waals surface area contributed by atoms with Crippen LogP contribution in [-0.4, -0.2) is 41.8 Å². The van der Waals surface area contributed by atoms with Crippen LogP contribution in [0, 0.1) is 0 Å². The summed E-state index contributed by atoms with van der Waals surface area (Å²) in [6, 6.07) is 5.83. The fraction of sp³-hybridized carbons (Fsp3) is 0.625. The van der Waals surface area contributed by atoms with E-state index in [0.29, 0.717) is 5.02 Å². The van der Waals surface area contributed by atoms with Gasteiger partial charge in [0.15, 0.2) is 0 Å². The molecule has 1 aromatic rings. The van der Waals surface area contributed by atoms with Crippen LogP contribution >= 0.6 is 27.5 Å². The summed E-state index contributed by atoms with van der Waals surface area (Å²) in [6.07, 6.45) is 4.25. The number of aliphatic hydroxyl groups excluding tert-OH is 1. The molecule has 1 atom stereocenters. The van der Waals surface area contributed by atoms with Gasteiger partial charge in [-0.2, -0.15) is 0 Å². The minimum absolute atomic E-state index is 0.160. The Morgan fingerprint density at radius 2 is 2.19 bits per heavy atom. The van der Waals surface area contributed by atoms with E-state index in [1.165, 1.54) is 6.42 Å². The first kappa shape index (κ1) is 17.1. The second-order valence-electron chi connectivity index (χ2n) is 5.89. The van der Waals surface area contributed by atoms with Gasteiger partial charge in [0.2, 0.25) is 0 Å². The highest BCUT2D eigenvalue weighted by Crippen LogP contribution is 2.30. The van der Waals surface area contributed by atoms with Gasteiger partial charge in [0.25, 0.3) is 0 Å². The molecular weight excluding hydrogens is 352 g/mol. The highest BCUT2D eigenvalue weighted by atomic mass is 79.9. The lowest BCUT2D eigenvalue weighted by molar-refractivity contribution is 0.192. The van der Waals surface area contributed by atoms with Crippen LogP contribution in [0.1, 0.15) is 32.6 Å². The van der Waals surface area contributed by atoms with E-state index in [1.54, 1.807) is 0 Å². The molecule has 21 heavy (non-hydrogen) atoms. The first-order valence-electron chi connectivity index (χ1n) is 7.65. The zero-order chi connectivity index (χ0) is 15.3. The summed E-state index contributed by atoms with van der Waals surface area (Å²) in [5, 5.41) is 14.2. The van der Waals surface area contributed by atoms with E-state index in [9.17, 15) is 5.11 Å². The molecule has 1 fully saturated rings. The van der Waals surface area contributed by atoms with Crippen molar-refractivity contribution in [2.24, 2.45) is 0 Å². The third-order valence-corrected chi connectivity index (χ3v) is 5.42. The van der Waals surface area contributed by atoms with Crippen LogP contribution in [0.4, 0.5) is 5.69 Å². The lowest BCUT2D eigenvalue weighted by Gasteiger charge is -2.33. The number of benzene rings is 1. The normalized spacial score (nSPS) is 23.8. The Bertz CT molecular complexity index is 472. The molecule has 1 heterocycles. The molecule has 0 spiro atoms. The van der Waals surface area contributed by atoms with Crippen molar-refractivity contribution in [3.05, 3.63) is 27.7 Å². The quantitative estimate of drug-likeness (QED) is 0.812. The van der Waals surface area contributed by atoms with Gasteiger partial charge in [0.05, 0.1) is 17.2 Å². The molecule has 1 saturated heterocycles. The minimum Gasteiger partial charge on any atom is -0.394 e. The molecule has 118 valence electrons. The smallest absolute Gasteiger partial charge is 0.0662 e. The van der Waals surface area contributed by atoms with Gasteiger partial charge >= 0.3 is 0 Å². The first-order chi connectivity index (χ1) is 10.1. The summed E-state index contributed by atoms with van der Waals surface area (Å²) < 4.78 is 0.878. The first-order valence-corrected chi connectivity index (χ1v) is 8.82. The number of anilines is 1. The SMILES string of the molecule is CCCN1CCCC(CO)(Nc2ccc(Cl)c(Br)c2)CC1. The highest BCUT2D eigenvalue weighted by Gasteiger charge is 2.31. The van der Waals surface area contributed by atoms with E-state index in [0.717, 1.165) is 49.1 Å². The highest BCUT2D eigenvalue weighted by molar-refractivity contribution is 9.10. The lowest BCUT2D eigenvalue weighted by atomic mass is 9.91. The maximum atomic E-state index is 9.95. The predicted octanol–water partition coefficient (Wildman–Crippen LogP) is 4.14. The standard InChI is InChI=1S/C16H24BrClN2O/c1-2-8-20-9-3-6-16(12-21,7-10-20)19-13-4-5-15(18)14(17)11-13/h4-5,11,19,21H,2-3,6-10,12H2,1H3. The third-order valence-electron chi connectivity index (χ3n) is 4.21. The Labute approximate surface area is 140 Å². The van der Waals surface area contributed by atoms with E-state index in [1.807, 2.05) is 18.2 Å². The van der Waals surface area contributed by atoms with Crippen LogP contribution in [0.2, 0.25) is 5.02 Å². The number of aliphatic hydroxyl groups is 1. The fourth-order valence-corrected chi connectivity index (χ4v) is 3.49. The van der Waals surface area contributed by atoms with Crippen molar-refractivity contribution in [2.75, 3.05) is 31.6 Å². The van der Waals surface area contributed by atoms with Crippen LogP contribution in [0.15, 0.2) is 22.7 Å². The molecule has 0 aliphatic carbocycles. The van der Waals surface area contributed by atoms with Gasteiger partial charge < -0.3 is 15.3 Å². The Kier molecular flexibility index (Phi) is 6.35. The summed E-state index contributed by atoms with van der Waals surface area (Å²) in [7, 11) is 0. The largest absolute Gasteiger partial charge is 0.394 e. The van der Waals surface area contributed by atoms with E-state index in [-0.39, 0.29) is 12.1 Å². The number of hydrogen-bond acceptors (Lipinski definition) is 3. The van der Waals surface area contributed by atoms with Gasteiger partial charge in [0, 0.05) is 16.7 Å². The van der Waals surface area contributed by atoms with Crippen molar-refractivity contribution in [1.29, 1.82) is 0 Å². The Hall–Kier alpha value is -0.290. The molecule has 5 heteroatoms. The van der Waals surface area contributed by atoms with E-state index >= 15 is 0 Å². The lowest BCUT2D eigenvalue weighted by Crippen LogP contribution is -2.43. The molecule has 2 N–H and O–H groups in total. The molecule has 1 unspecified atom stereocenters. The van der Waals surface area contributed by atoms with Gasteiger partial charge in [0.1, 0.15) is 0 Å². The van der Waals surface area contributed by atoms with Gasteiger partial charge in [-0.1, -0.05) is 18.5 Å². The monoisotopic (exact) mass is 374 g/mol. The molecule has 0 saturated carbocycles. The Balaban J connectivity index is 2.08. The summed E-state index contributed by atoms with van der Waals surface area (Å²) in [6.45, 7) is 5.69. The van der Waals surface area contributed by atoms with Gasteiger partial charge in [-0.25, -0.2) is 0 Å². The molecular formula is C16H24BrClN2O. The summed E-state index contributed by atoms with van der Waals surface area (Å²) in [5.74, 6) is 0. The van der Waals surface area contributed by atoms with Crippen molar-refractivity contribution < 1.29 is 5.11 Å². The van der Waals surface area contributed by atoms with Gasteiger partial charge in [-0.15, -0.1) is 0 Å². The molecule has 1 aliphatic rings. The second kappa shape index (κ2) is 7.82. The van der Waals surface area contributed by atoms with Crippen LogP contribution in [0.25, 0.3) is 0 Å². The van der Waals surface area contributed by atoms with E-state index in [4.69, 9.17) is 11.6 Å². The molecule has 1 aromatic carbocycles. The fourth-order valence-electron chi connectivity index (χ4n) is 2.99. The summed E-state index contributed by atoms with van der Waals surface area (Å²) in [4.78, 5) is 2.50. The zero-order valence-electron chi connectivity index (χ0n) is 12.5. The molecule has 1 aliphatic heterocycles. The summed E-state index contributed by atoms with van der Waals surface area (Å²) in [5.41, 5.74) is 0.778. The van der Waals surface area contributed by atoms with E-state index in [2.05, 4.69) is 33.1 Å². The number of nitrogens with zero attached hydrogens (tertiary/aromatic N) is 1. The average molecular weight is 376 g/mol. The van der Waals surface area contributed by atoms with Crippen molar-refractivity contribution in [3.63, 3.8) is 0 Å². The van der Waals surface area contributed by atoms with Gasteiger partial charge in [-0.05, 0) is 72.9 Å². The molecule has 2 rings (SSSR count). The Morgan fingerprint density at radius 1 is 1.38 bits per heavy atom. The third kappa shape index (κ3) is 4.59. The molecule has 0 amide bonds. The zero-order valence-corrected chi connectivity index (χ0v) is 14.9. The minimum atomic E-state index is -0.226. The van der Waals surface area contributed by atoms with Crippen LogP contribution < -0.4 is 5.32 Å². The number of nitrogens with one attached hydrogen (secondary N) is 1. The summed E-state index contributed by atoms with van der Waals surface area (Å²) >= 11 is 9.49. The van der Waals surface area contributed by atoms with Crippen molar-refractivity contribution in [2.45, 2.75) is 38.1 Å². The molecule has 0 bridgehead atoms. The molecule has 0 radical (unpaired) electrons. The predicted molar refractivity (Wildman–Crippen MR) is 93.2 cm³/mol. The number of likely N-dealkylation sites (tertiary alicyclic amines) is 1. The maximum Gasteiger partial charge on any atom is 0.0662 e. The second-order valence-corrected chi connectivity index (χ2v) is 7.15. The van der Waals surface area contributed by atoms with E-state index < -0.39 is 0 Å². The van der Waals surface area contributed by atoms with Crippen LogP contribution in [-0.2, 0) is 0 Å². The van der Waals surface area contributed by atoms with Crippen molar-refractivity contribution in [3.8, 4) is 0 Å². The topological polar surface area (TPSA) is 35.5 Å². The number of rotatable bonds is 5. The Morgan fingerprint density at radius 3 is 2.86 bits per heavy atom. The maximum absolute atomic E-state index is 9.95. The number of halogens is 2. The van der Waals surface area contributed by atoms with Crippen molar-refractivity contribution in [1.82, 2.24) is 4.90 Å². The molecule has 0 aromatic heterocycles. The van der Waals surface area contributed by atoms with Crippen molar-refractivity contribution >= 4 is 33.2 Å². The number of hydrogen-bond donors (Lipinski definition) is 2.